The lowest BCUT2D eigenvalue weighted by atomic mass is 9.89. The van der Waals surface area contributed by atoms with Crippen molar-refractivity contribution in [3.8, 4) is 0 Å². The molecule has 0 aromatic carbocycles. The van der Waals surface area contributed by atoms with Gasteiger partial charge in [-0.3, -0.25) is 19.7 Å². The Labute approximate surface area is 110 Å². The smallest absolute Gasteiger partial charge is 0.249 e. The molecule has 2 aliphatic heterocycles. The van der Waals surface area contributed by atoms with E-state index in [1.807, 2.05) is 17.2 Å². The lowest BCUT2D eigenvalue weighted by Crippen LogP contribution is -2.51. The van der Waals surface area contributed by atoms with Gasteiger partial charge >= 0.3 is 0 Å². The molecule has 0 spiro atoms. The quantitative estimate of drug-likeness (QED) is 0.616. The number of ketones is 1. The van der Waals surface area contributed by atoms with E-state index in [4.69, 9.17) is 5.73 Å². The molecule has 1 saturated heterocycles. The monoisotopic (exact) mass is 261 g/mol. The van der Waals surface area contributed by atoms with Crippen LogP contribution in [0.1, 0.15) is 19.3 Å². The van der Waals surface area contributed by atoms with Crippen molar-refractivity contribution in [2.75, 3.05) is 6.54 Å². The number of nitrogens with one attached hydrogen (secondary N) is 1. The molecule has 3 rings (SSSR count). The number of carbonyl (C=O) groups excluding carboxylic acids is 3. The van der Waals surface area contributed by atoms with Gasteiger partial charge in [-0.05, 0) is 18.1 Å². The Morgan fingerprint density at radius 1 is 1.32 bits per heavy atom. The summed E-state index contributed by atoms with van der Waals surface area (Å²) in [6.45, 7) is 0.504. The molecule has 0 saturated carbocycles. The van der Waals surface area contributed by atoms with E-state index in [0.717, 1.165) is 5.57 Å². The molecule has 2 unspecified atom stereocenters. The molecule has 0 radical (unpaired) electrons. The number of allylic oxidation sites excluding steroid dienone is 2. The molecule has 6 nitrogen and oxygen atoms in total. The summed E-state index contributed by atoms with van der Waals surface area (Å²) < 4.78 is 0. The maximum atomic E-state index is 11.9. The number of hydrogen-bond acceptors (Lipinski definition) is 5. The minimum Gasteiger partial charge on any atom is -0.402 e. The first-order valence-corrected chi connectivity index (χ1v) is 6.34. The van der Waals surface area contributed by atoms with Gasteiger partial charge in [-0.1, -0.05) is 0 Å². The number of Topliss-reactive ketones (excluding diaryl/α,β-unsaturated/α-hetero) is 1. The first-order valence-electron chi connectivity index (χ1n) is 6.34. The number of nitrogens with two attached hydrogens (primary N) is 1. The average Bonchev–Trinajstić information content (AvgIpc) is 2.72. The molecule has 2 amide bonds. The molecule has 0 aromatic heterocycles. The molecule has 0 aromatic rings. The number of imide groups is 1. The van der Waals surface area contributed by atoms with Crippen LogP contribution in [0.5, 0.6) is 0 Å². The molecular weight excluding hydrogens is 246 g/mol. The van der Waals surface area contributed by atoms with Gasteiger partial charge in [0.05, 0.1) is 5.92 Å². The minimum absolute atomic E-state index is 0.0982. The van der Waals surface area contributed by atoms with Crippen LogP contribution in [0.15, 0.2) is 23.5 Å². The molecule has 19 heavy (non-hydrogen) atoms. The predicted octanol–water partition coefficient (Wildman–Crippen LogP) is -0.577. The molecule has 2 heterocycles. The molecule has 3 aliphatic rings. The van der Waals surface area contributed by atoms with E-state index in [-0.39, 0.29) is 36.0 Å². The second-order valence-corrected chi connectivity index (χ2v) is 5.21. The van der Waals surface area contributed by atoms with Crippen LogP contribution >= 0.6 is 0 Å². The van der Waals surface area contributed by atoms with Crippen molar-refractivity contribution >= 4 is 17.6 Å². The summed E-state index contributed by atoms with van der Waals surface area (Å²) in [7, 11) is 0. The Morgan fingerprint density at radius 2 is 2.11 bits per heavy atom. The highest BCUT2D eigenvalue weighted by Crippen LogP contribution is 2.32. The summed E-state index contributed by atoms with van der Waals surface area (Å²) >= 11 is 0. The number of nitrogens with zero attached hydrogens (tertiary/aromatic N) is 1. The Bertz CT molecular complexity index is 535. The maximum Gasteiger partial charge on any atom is 0.249 e. The van der Waals surface area contributed by atoms with Crippen LogP contribution in [0.2, 0.25) is 0 Å². The Balaban J connectivity index is 1.81. The fourth-order valence-electron chi connectivity index (χ4n) is 2.88. The van der Waals surface area contributed by atoms with Crippen molar-refractivity contribution in [3.63, 3.8) is 0 Å². The molecule has 100 valence electrons. The Hall–Kier alpha value is -2.11. The van der Waals surface area contributed by atoms with Crippen molar-refractivity contribution in [2.45, 2.75) is 25.3 Å². The van der Waals surface area contributed by atoms with Gasteiger partial charge < -0.3 is 10.6 Å². The first-order chi connectivity index (χ1) is 9.04. The SMILES string of the molecule is NC1=CC2=CN(C3CCC(=O)NC3=O)CC2C(=O)C1. The van der Waals surface area contributed by atoms with Gasteiger partial charge in [0, 0.05) is 31.3 Å². The Morgan fingerprint density at radius 3 is 2.84 bits per heavy atom. The highest BCUT2D eigenvalue weighted by atomic mass is 16.2. The predicted molar refractivity (Wildman–Crippen MR) is 66.3 cm³/mol. The summed E-state index contributed by atoms with van der Waals surface area (Å²) in [6.07, 6.45) is 4.76. The van der Waals surface area contributed by atoms with E-state index in [1.54, 1.807) is 0 Å². The minimum atomic E-state index is -0.363. The van der Waals surface area contributed by atoms with Crippen LogP contribution in [0.4, 0.5) is 0 Å². The second kappa shape index (κ2) is 4.22. The van der Waals surface area contributed by atoms with Crippen molar-refractivity contribution in [3.05, 3.63) is 23.5 Å². The van der Waals surface area contributed by atoms with Crippen LogP contribution in [0.25, 0.3) is 0 Å². The first kappa shape index (κ1) is 12.0. The van der Waals surface area contributed by atoms with Gasteiger partial charge in [-0.15, -0.1) is 0 Å². The van der Waals surface area contributed by atoms with Crippen molar-refractivity contribution in [1.29, 1.82) is 0 Å². The van der Waals surface area contributed by atoms with Gasteiger partial charge in [0.1, 0.15) is 11.8 Å². The van der Waals surface area contributed by atoms with E-state index in [2.05, 4.69) is 5.32 Å². The van der Waals surface area contributed by atoms with E-state index in [9.17, 15) is 14.4 Å². The number of hydrogen-bond donors (Lipinski definition) is 2. The van der Waals surface area contributed by atoms with Crippen LogP contribution in [0.3, 0.4) is 0 Å². The van der Waals surface area contributed by atoms with E-state index in [0.29, 0.717) is 25.1 Å². The van der Waals surface area contributed by atoms with Crippen molar-refractivity contribution < 1.29 is 14.4 Å². The van der Waals surface area contributed by atoms with Crippen molar-refractivity contribution in [1.82, 2.24) is 10.2 Å². The average molecular weight is 261 g/mol. The van der Waals surface area contributed by atoms with Gasteiger partial charge in [0.15, 0.2) is 0 Å². The second-order valence-electron chi connectivity index (χ2n) is 5.21. The topological polar surface area (TPSA) is 92.5 Å². The maximum absolute atomic E-state index is 11.9. The molecule has 2 atom stereocenters. The third kappa shape index (κ3) is 2.03. The van der Waals surface area contributed by atoms with Gasteiger partial charge in [0.2, 0.25) is 11.8 Å². The van der Waals surface area contributed by atoms with E-state index >= 15 is 0 Å². The third-order valence-corrected chi connectivity index (χ3v) is 3.84. The lowest BCUT2D eigenvalue weighted by molar-refractivity contribution is -0.137. The molecule has 6 heteroatoms. The van der Waals surface area contributed by atoms with Crippen LogP contribution in [0, 0.1) is 5.92 Å². The zero-order chi connectivity index (χ0) is 13.6. The number of carbonyl (C=O) groups is 3. The van der Waals surface area contributed by atoms with E-state index < -0.39 is 0 Å². The third-order valence-electron chi connectivity index (χ3n) is 3.84. The number of fused-ring (bicyclic) bond motifs is 1. The molecule has 0 bridgehead atoms. The van der Waals surface area contributed by atoms with Crippen LogP contribution < -0.4 is 11.1 Å². The number of piperidine rings is 1. The summed E-state index contributed by atoms with van der Waals surface area (Å²) in [5.74, 6) is -0.597. The molecule has 3 N–H and O–H groups in total. The zero-order valence-corrected chi connectivity index (χ0v) is 10.4. The largest absolute Gasteiger partial charge is 0.402 e. The fraction of sp³-hybridized carbons (Fsp3) is 0.462. The lowest BCUT2D eigenvalue weighted by Gasteiger charge is -2.30. The van der Waals surface area contributed by atoms with E-state index in [1.165, 1.54) is 0 Å². The summed E-state index contributed by atoms with van der Waals surface area (Å²) in [4.78, 5) is 36.7. The highest BCUT2D eigenvalue weighted by molar-refractivity contribution is 6.00. The molecule has 1 aliphatic carbocycles. The molecular formula is C13H15N3O3. The summed E-state index contributed by atoms with van der Waals surface area (Å²) in [6, 6.07) is -0.363. The standard InChI is InChI=1S/C13H15N3O3/c14-8-3-7-5-16(6-9(7)11(17)4-8)10-1-2-12(18)15-13(10)19/h3,5,9-10H,1-2,4,6,14H2,(H,15,18,19). The van der Waals surface area contributed by atoms with Gasteiger partial charge in [-0.2, -0.15) is 0 Å². The van der Waals surface area contributed by atoms with Gasteiger partial charge in [0.25, 0.3) is 0 Å². The molecule has 1 fully saturated rings. The summed E-state index contributed by atoms with van der Waals surface area (Å²) in [5, 5.41) is 2.33. The van der Waals surface area contributed by atoms with Crippen molar-refractivity contribution in [2.24, 2.45) is 11.7 Å². The normalized spacial score (nSPS) is 30.7. The zero-order valence-electron chi connectivity index (χ0n) is 10.4. The highest BCUT2D eigenvalue weighted by Gasteiger charge is 2.38. The fourth-order valence-corrected chi connectivity index (χ4v) is 2.88. The number of rotatable bonds is 1. The van der Waals surface area contributed by atoms with Crippen LogP contribution in [-0.4, -0.2) is 35.1 Å². The summed E-state index contributed by atoms with van der Waals surface area (Å²) in [5.41, 5.74) is 7.15. The Kier molecular flexibility index (Phi) is 2.66. The van der Waals surface area contributed by atoms with Gasteiger partial charge in [-0.25, -0.2) is 0 Å². The van der Waals surface area contributed by atoms with Crippen LogP contribution in [-0.2, 0) is 14.4 Å². The number of amides is 2.